The van der Waals surface area contributed by atoms with Gasteiger partial charge in [-0.15, -0.1) is 5.10 Å². The quantitative estimate of drug-likeness (QED) is 0.815. The number of allylic oxidation sites excluding steroid dienone is 1. The van der Waals surface area contributed by atoms with Crippen LogP contribution in [0.3, 0.4) is 0 Å². The van der Waals surface area contributed by atoms with E-state index in [9.17, 15) is 5.26 Å². The Morgan fingerprint density at radius 1 is 1.35 bits per heavy atom. The molecule has 0 spiro atoms. The van der Waals surface area contributed by atoms with Crippen molar-refractivity contribution in [2.24, 2.45) is 5.73 Å². The van der Waals surface area contributed by atoms with Crippen LogP contribution in [0.4, 0.5) is 0 Å². The molecule has 0 bridgehead atoms. The highest BCUT2D eigenvalue weighted by molar-refractivity contribution is 5.57. The molecule has 8 heteroatoms. The third kappa shape index (κ3) is 2.93. The molecule has 8 nitrogen and oxygen atoms in total. The number of benzene rings is 1. The Hall–Kier alpha value is -3.18. The molecule has 1 unspecified atom stereocenters. The number of methoxy groups -OCH3 is 2. The molecule has 2 heterocycles. The van der Waals surface area contributed by atoms with Crippen molar-refractivity contribution in [3.63, 3.8) is 0 Å². The Labute approximate surface area is 151 Å². The highest BCUT2D eigenvalue weighted by Crippen LogP contribution is 2.44. The maximum absolute atomic E-state index is 9.66. The SMILES string of the molecule is CCOc1ccc(C2C(C#N)=C(N)Oc3n[nH]c(COC)c32)cc1OC. The first-order valence-corrected chi connectivity index (χ1v) is 8.08. The Bertz CT molecular complexity index is 882. The molecule has 0 fully saturated rings. The van der Waals surface area contributed by atoms with Crippen LogP contribution in [0.2, 0.25) is 0 Å². The molecule has 0 saturated heterocycles. The molecule has 3 rings (SSSR count). The number of nitrogens with two attached hydrogens (primary N) is 1. The zero-order valence-electron chi connectivity index (χ0n) is 14.8. The number of H-pyrrole nitrogens is 1. The topological polar surface area (TPSA) is 115 Å². The van der Waals surface area contributed by atoms with Crippen LogP contribution in [0.15, 0.2) is 29.7 Å². The molecule has 136 valence electrons. The van der Waals surface area contributed by atoms with Crippen molar-refractivity contribution in [3.05, 3.63) is 46.5 Å². The van der Waals surface area contributed by atoms with E-state index in [0.29, 0.717) is 36.2 Å². The Kier molecular flexibility index (Phi) is 5.00. The van der Waals surface area contributed by atoms with E-state index >= 15 is 0 Å². The summed E-state index contributed by atoms with van der Waals surface area (Å²) in [6.45, 7) is 2.72. The highest BCUT2D eigenvalue weighted by Gasteiger charge is 2.35. The molecular weight excluding hydrogens is 336 g/mol. The molecule has 1 atom stereocenters. The lowest BCUT2D eigenvalue weighted by molar-refractivity contribution is 0.180. The molecule has 0 radical (unpaired) electrons. The van der Waals surface area contributed by atoms with Crippen molar-refractivity contribution >= 4 is 0 Å². The average Bonchev–Trinajstić information content (AvgIpc) is 3.03. The van der Waals surface area contributed by atoms with Gasteiger partial charge in [0.05, 0.1) is 37.5 Å². The van der Waals surface area contributed by atoms with Crippen molar-refractivity contribution in [3.8, 4) is 23.4 Å². The summed E-state index contributed by atoms with van der Waals surface area (Å²) >= 11 is 0. The Morgan fingerprint density at radius 3 is 2.81 bits per heavy atom. The van der Waals surface area contributed by atoms with E-state index in [1.807, 2.05) is 25.1 Å². The van der Waals surface area contributed by atoms with Gasteiger partial charge in [-0.2, -0.15) is 5.26 Å². The van der Waals surface area contributed by atoms with Gasteiger partial charge < -0.3 is 24.7 Å². The maximum atomic E-state index is 9.66. The van der Waals surface area contributed by atoms with E-state index in [1.54, 1.807) is 14.2 Å². The molecule has 0 saturated carbocycles. The number of hydrogen-bond acceptors (Lipinski definition) is 7. The predicted octanol–water partition coefficient (Wildman–Crippen LogP) is 2.18. The zero-order chi connectivity index (χ0) is 18.7. The second-order valence-electron chi connectivity index (χ2n) is 5.62. The molecule has 0 aliphatic carbocycles. The van der Waals surface area contributed by atoms with Gasteiger partial charge >= 0.3 is 0 Å². The Balaban J connectivity index is 2.16. The van der Waals surface area contributed by atoms with Crippen LogP contribution in [-0.4, -0.2) is 31.0 Å². The van der Waals surface area contributed by atoms with E-state index in [4.69, 9.17) is 24.7 Å². The van der Waals surface area contributed by atoms with Crippen molar-refractivity contribution in [1.29, 1.82) is 5.26 Å². The molecular formula is C18H20N4O4. The normalized spacial score (nSPS) is 15.8. The molecule has 0 amide bonds. The van der Waals surface area contributed by atoms with E-state index in [-0.39, 0.29) is 5.88 Å². The van der Waals surface area contributed by atoms with Gasteiger partial charge in [-0.3, -0.25) is 5.10 Å². The fourth-order valence-corrected chi connectivity index (χ4v) is 3.03. The minimum Gasteiger partial charge on any atom is -0.493 e. The van der Waals surface area contributed by atoms with Crippen molar-refractivity contribution in [2.45, 2.75) is 19.4 Å². The molecule has 1 aromatic carbocycles. The van der Waals surface area contributed by atoms with Crippen LogP contribution >= 0.6 is 0 Å². The summed E-state index contributed by atoms with van der Waals surface area (Å²) in [7, 11) is 3.15. The molecule has 26 heavy (non-hydrogen) atoms. The number of nitriles is 1. The van der Waals surface area contributed by atoms with Gasteiger partial charge in [0.1, 0.15) is 11.6 Å². The third-order valence-electron chi connectivity index (χ3n) is 4.13. The van der Waals surface area contributed by atoms with Gasteiger partial charge in [0, 0.05) is 7.11 Å². The number of aromatic amines is 1. The van der Waals surface area contributed by atoms with Gasteiger partial charge in [-0.05, 0) is 24.6 Å². The van der Waals surface area contributed by atoms with E-state index in [0.717, 1.165) is 16.8 Å². The average molecular weight is 356 g/mol. The molecule has 1 aliphatic heterocycles. The van der Waals surface area contributed by atoms with Crippen LogP contribution in [0.1, 0.15) is 29.7 Å². The van der Waals surface area contributed by atoms with Crippen LogP contribution in [0, 0.1) is 11.3 Å². The summed E-state index contributed by atoms with van der Waals surface area (Å²) < 4.78 is 21.7. The monoisotopic (exact) mass is 356 g/mol. The van der Waals surface area contributed by atoms with Gasteiger partial charge in [-0.1, -0.05) is 6.07 Å². The summed E-state index contributed by atoms with van der Waals surface area (Å²) in [6, 6.07) is 7.68. The Morgan fingerprint density at radius 2 is 2.15 bits per heavy atom. The van der Waals surface area contributed by atoms with Crippen LogP contribution in [-0.2, 0) is 11.3 Å². The lowest BCUT2D eigenvalue weighted by Crippen LogP contribution is -2.21. The number of hydrogen-bond donors (Lipinski definition) is 2. The van der Waals surface area contributed by atoms with Crippen molar-refractivity contribution < 1.29 is 18.9 Å². The molecule has 2 aromatic rings. The number of ether oxygens (including phenoxy) is 4. The van der Waals surface area contributed by atoms with Crippen LogP contribution in [0.5, 0.6) is 17.4 Å². The summed E-state index contributed by atoms with van der Waals surface area (Å²) in [5.41, 5.74) is 8.53. The van der Waals surface area contributed by atoms with Crippen molar-refractivity contribution in [2.75, 3.05) is 20.8 Å². The smallest absolute Gasteiger partial charge is 0.244 e. The van der Waals surface area contributed by atoms with Gasteiger partial charge in [0.25, 0.3) is 0 Å². The minimum absolute atomic E-state index is 0.0355. The number of nitrogens with one attached hydrogen (secondary N) is 1. The summed E-state index contributed by atoms with van der Waals surface area (Å²) in [5, 5.41) is 16.7. The summed E-state index contributed by atoms with van der Waals surface area (Å²) in [5.74, 6) is 1.13. The molecule has 1 aromatic heterocycles. The lowest BCUT2D eigenvalue weighted by Gasteiger charge is -2.24. The number of aromatic nitrogens is 2. The van der Waals surface area contributed by atoms with Crippen molar-refractivity contribution in [1.82, 2.24) is 10.2 Å². The first kappa shape index (κ1) is 17.6. The molecule has 3 N–H and O–H groups in total. The predicted molar refractivity (Wildman–Crippen MR) is 92.8 cm³/mol. The zero-order valence-corrected chi connectivity index (χ0v) is 14.8. The second-order valence-corrected chi connectivity index (χ2v) is 5.62. The van der Waals surface area contributed by atoms with Gasteiger partial charge in [0.2, 0.25) is 11.8 Å². The lowest BCUT2D eigenvalue weighted by atomic mass is 9.84. The summed E-state index contributed by atoms with van der Waals surface area (Å²) in [6.07, 6.45) is 0. The van der Waals surface area contributed by atoms with Crippen LogP contribution < -0.4 is 19.9 Å². The summed E-state index contributed by atoms with van der Waals surface area (Å²) in [4.78, 5) is 0. The molecule has 1 aliphatic rings. The minimum atomic E-state index is -0.447. The van der Waals surface area contributed by atoms with E-state index < -0.39 is 5.92 Å². The largest absolute Gasteiger partial charge is 0.493 e. The fraction of sp³-hybridized carbons (Fsp3) is 0.333. The second kappa shape index (κ2) is 7.37. The first-order valence-electron chi connectivity index (χ1n) is 8.08. The third-order valence-corrected chi connectivity index (χ3v) is 4.13. The van der Waals surface area contributed by atoms with E-state index in [1.165, 1.54) is 0 Å². The first-order chi connectivity index (χ1) is 12.6. The number of nitrogens with zero attached hydrogens (tertiary/aromatic N) is 2. The van der Waals surface area contributed by atoms with E-state index in [2.05, 4.69) is 16.3 Å². The standard InChI is InChI=1S/C18H20N4O4/c1-4-25-13-6-5-10(7-14(13)24-3)15-11(8-19)17(20)26-18-16(15)12(9-23-2)21-22-18/h5-7,15H,4,9,20H2,1-3H3,(H,21,22). The fourth-order valence-electron chi connectivity index (χ4n) is 3.03. The highest BCUT2D eigenvalue weighted by atomic mass is 16.5. The number of fused-ring (bicyclic) bond motifs is 1. The van der Waals surface area contributed by atoms with Gasteiger partial charge in [0.15, 0.2) is 11.5 Å². The number of rotatable bonds is 6. The maximum Gasteiger partial charge on any atom is 0.244 e. The van der Waals surface area contributed by atoms with Gasteiger partial charge in [-0.25, -0.2) is 0 Å². The van der Waals surface area contributed by atoms with Crippen LogP contribution in [0.25, 0.3) is 0 Å².